The van der Waals surface area contributed by atoms with Crippen molar-refractivity contribution in [3.63, 3.8) is 0 Å². The van der Waals surface area contributed by atoms with Crippen LogP contribution in [0.5, 0.6) is 0 Å². The SMILES string of the molecule is Brc1cccc(CNc2nc3ccccn3n2)c1. The zero-order valence-corrected chi connectivity index (χ0v) is 11.1. The van der Waals surface area contributed by atoms with Gasteiger partial charge in [-0.2, -0.15) is 4.98 Å². The lowest BCUT2D eigenvalue weighted by Gasteiger charge is -2.02. The van der Waals surface area contributed by atoms with Crippen molar-refractivity contribution < 1.29 is 0 Å². The van der Waals surface area contributed by atoms with Crippen molar-refractivity contribution in [3.8, 4) is 0 Å². The Kier molecular flexibility index (Phi) is 2.98. The van der Waals surface area contributed by atoms with E-state index in [1.165, 1.54) is 5.56 Å². The molecule has 0 atom stereocenters. The molecule has 0 radical (unpaired) electrons. The smallest absolute Gasteiger partial charge is 0.243 e. The number of rotatable bonds is 3. The van der Waals surface area contributed by atoms with Gasteiger partial charge in [-0.25, -0.2) is 4.52 Å². The number of nitrogens with zero attached hydrogens (tertiary/aromatic N) is 3. The van der Waals surface area contributed by atoms with Crippen LogP contribution in [0.1, 0.15) is 5.56 Å². The lowest BCUT2D eigenvalue weighted by molar-refractivity contribution is 0.950. The number of anilines is 1. The zero-order valence-electron chi connectivity index (χ0n) is 9.55. The fourth-order valence-electron chi connectivity index (χ4n) is 1.73. The van der Waals surface area contributed by atoms with E-state index in [0.29, 0.717) is 12.5 Å². The Bertz CT molecular complexity index is 644. The molecule has 2 aromatic heterocycles. The first kappa shape index (κ1) is 11.2. The van der Waals surface area contributed by atoms with Crippen molar-refractivity contribution in [1.82, 2.24) is 14.6 Å². The Morgan fingerprint density at radius 3 is 2.94 bits per heavy atom. The highest BCUT2D eigenvalue weighted by atomic mass is 79.9. The summed E-state index contributed by atoms with van der Waals surface area (Å²) >= 11 is 3.45. The molecule has 4 nitrogen and oxygen atoms in total. The van der Waals surface area contributed by atoms with E-state index in [1.807, 2.05) is 36.5 Å². The lowest BCUT2D eigenvalue weighted by atomic mass is 10.2. The standard InChI is InChI=1S/C13H11BrN4/c14-11-5-3-4-10(8-11)9-15-13-16-12-6-1-2-7-18(12)17-13/h1-8H,9H2,(H,15,17). The number of pyridine rings is 1. The van der Waals surface area contributed by atoms with Crippen LogP contribution in [0.15, 0.2) is 53.1 Å². The second-order valence-corrected chi connectivity index (χ2v) is 4.84. The third kappa shape index (κ3) is 2.36. The molecule has 5 heteroatoms. The molecular formula is C13H11BrN4. The number of fused-ring (bicyclic) bond motifs is 1. The quantitative estimate of drug-likeness (QED) is 0.808. The van der Waals surface area contributed by atoms with Crippen molar-refractivity contribution >= 4 is 27.5 Å². The van der Waals surface area contributed by atoms with Gasteiger partial charge in [0.15, 0.2) is 5.65 Å². The van der Waals surface area contributed by atoms with Gasteiger partial charge in [0.25, 0.3) is 0 Å². The topological polar surface area (TPSA) is 42.2 Å². The molecular weight excluding hydrogens is 292 g/mol. The molecule has 3 aromatic rings. The summed E-state index contributed by atoms with van der Waals surface area (Å²) in [5.41, 5.74) is 2.03. The van der Waals surface area contributed by atoms with Gasteiger partial charge in [-0.1, -0.05) is 34.1 Å². The van der Waals surface area contributed by atoms with Crippen LogP contribution < -0.4 is 5.32 Å². The van der Waals surface area contributed by atoms with Crippen LogP contribution in [0.2, 0.25) is 0 Å². The molecule has 90 valence electrons. The normalized spacial score (nSPS) is 10.7. The van der Waals surface area contributed by atoms with Crippen LogP contribution in [0.4, 0.5) is 5.95 Å². The van der Waals surface area contributed by atoms with Crippen molar-refractivity contribution in [1.29, 1.82) is 0 Å². The Morgan fingerprint density at radius 1 is 1.17 bits per heavy atom. The van der Waals surface area contributed by atoms with E-state index < -0.39 is 0 Å². The minimum Gasteiger partial charge on any atom is -0.349 e. The average molecular weight is 303 g/mol. The van der Waals surface area contributed by atoms with E-state index in [2.05, 4.69) is 43.5 Å². The molecule has 0 fully saturated rings. The Labute approximate surface area is 113 Å². The summed E-state index contributed by atoms with van der Waals surface area (Å²) in [4.78, 5) is 4.38. The molecule has 0 aliphatic rings. The largest absolute Gasteiger partial charge is 0.349 e. The van der Waals surface area contributed by atoms with Gasteiger partial charge in [-0.05, 0) is 29.8 Å². The Morgan fingerprint density at radius 2 is 2.11 bits per heavy atom. The van der Waals surface area contributed by atoms with Gasteiger partial charge in [-0.3, -0.25) is 0 Å². The molecule has 0 amide bonds. The number of benzene rings is 1. The number of hydrogen-bond donors (Lipinski definition) is 1. The molecule has 0 saturated heterocycles. The molecule has 2 heterocycles. The van der Waals surface area contributed by atoms with Crippen LogP contribution >= 0.6 is 15.9 Å². The monoisotopic (exact) mass is 302 g/mol. The van der Waals surface area contributed by atoms with Gasteiger partial charge in [0, 0.05) is 17.2 Å². The molecule has 18 heavy (non-hydrogen) atoms. The summed E-state index contributed by atoms with van der Waals surface area (Å²) in [6, 6.07) is 14.0. The fourth-order valence-corrected chi connectivity index (χ4v) is 2.18. The van der Waals surface area contributed by atoms with Crippen molar-refractivity contribution in [2.75, 3.05) is 5.32 Å². The van der Waals surface area contributed by atoms with Crippen molar-refractivity contribution in [3.05, 3.63) is 58.7 Å². The van der Waals surface area contributed by atoms with Crippen LogP contribution in [0.25, 0.3) is 5.65 Å². The van der Waals surface area contributed by atoms with E-state index >= 15 is 0 Å². The van der Waals surface area contributed by atoms with Gasteiger partial charge in [0.1, 0.15) is 0 Å². The van der Waals surface area contributed by atoms with Crippen molar-refractivity contribution in [2.45, 2.75) is 6.54 Å². The third-order valence-corrected chi connectivity index (χ3v) is 3.07. The number of nitrogens with one attached hydrogen (secondary N) is 1. The van der Waals surface area contributed by atoms with Crippen molar-refractivity contribution in [2.24, 2.45) is 0 Å². The highest BCUT2D eigenvalue weighted by molar-refractivity contribution is 9.10. The fraction of sp³-hybridized carbons (Fsp3) is 0.0769. The van der Waals surface area contributed by atoms with Gasteiger partial charge in [-0.15, -0.1) is 5.10 Å². The van der Waals surface area contributed by atoms with Gasteiger partial charge in [0.05, 0.1) is 0 Å². The average Bonchev–Trinajstić information content (AvgIpc) is 2.79. The van der Waals surface area contributed by atoms with Gasteiger partial charge in [0.2, 0.25) is 5.95 Å². The molecule has 3 rings (SSSR count). The van der Waals surface area contributed by atoms with Gasteiger partial charge >= 0.3 is 0 Å². The minimum atomic E-state index is 0.640. The first-order valence-electron chi connectivity index (χ1n) is 5.61. The second kappa shape index (κ2) is 4.78. The van der Waals surface area contributed by atoms with E-state index in [1.54, 1.807) is 4.52 Å². The lowest BCUT2D eigenvalue weighted by Crippen LogP contribution is -2.01. The van der Waals surface area contributed by atoms with Crippen LogP contribution in [0, 0.1) is 0 Å². The predicted octanol–water partition coefficient (Wildman–Crippen LogP) is 3.10. The second-order valence-electron chi connectivity index (χ2n) is 3.92. The first-order valence-corrected chi connectivity index (χ1v) is 6.40. The third-order valence-electron chi connectivity index (χ3n) is 2.58. The Hall–Kier alpha value is -1.88. The summed E-state index contributed by atoms with van der Waals surface area (Å²) in [6.07, 6.45) is 1.88. The summed E-state index contributed by atoms with van der Waals surface area (Å²) in [5.74, 6) is 0.640. The van der Waals surface area contributed by atoms with Gasteiger partial charge < -0.3 is 5.32 Å². The van der Waals surface area contributed by atoms with E-state index in [9.17, 15) is 0 Å². The highest BCUT2D eigenvalue weighted by Crippen LogP contribution is 2.13. The number of halogens is 1. The maximum Gasteiger partial charge on any atom is 0.243 e. The Balaban J connectivity index is 1.76. The molecule has 0 spiro atoms. The van der Waals surface area contributed by atoms with Crippen LogP contribution in [0.3, 0.4) is 0 Å². The molecule has 1 aromatic carbocycles. The summed E-state index contributed by atoms with van der Waals surface area (Å²) < 4.78 is 2.83. The number of hydrogen-bond acceptors (Lipinski definition) is 3. The summed E-state index contributed by atoms with van der Waals surface area (Å²) in [5, 5.41) is 7.55. The number of aromatic nitrogens is 3. The maximum absolute atomic E-state index is 4.38. The highest BCUT2D eigenvalue weighted by Gasteiger charge is 2.02. The molecule has 0 bridgehead atoms. The molecule has 0 aliphatic carbocycles. The maximum atomic E-state index is 4.38. The summed E-state index contributed by atoms with van der Waals surface area (Å²) in [7, 11) is 0. The molecule has 1 N–H and O–H groups in total. The molecule has 0 saturated carbocycles. The minimum absolute atomic E-state index is 0.640. The summed E-state index contributed by atoms with van der Waals surface area (Å²) in [6.45, 7) is 0.705. The molecule has 0 unspecified atom stereocenters. The zero-order chi connectivity index (χ0) is 12.4. The van der Waals surface area contributed by atoms with E-state index in [4.69, 9.17) is 0 Å². The molecule has 0 aliphatic heterocycles. The van der Waals surface area contributed by atoms with E-state index in [-0.39, 0.29) is 0 Å². The van der Waals surface area contributed by atoms with Crippen LogP contribution in [-0.2, 0) is 6.54 Å². The predicted molar refractivity (Wildman–Crippen MR) is 74.5 cm³/mol. The first-order chi connectivity index (χ1) is 8.81. The van der Waals surface area contributed by atoms with E-state index in [0.717, 1.165) is 10.1 Å². The van der Waals surface area contributed by atoms with Crippen LogP contribution in [-0.4, -0.2) is 14.6 Å².